The Balaban J connectivity index is 2.87. The molecule has 0 aliphatic heterocycles. The van der Waals surface area contributed by atoms with E-state index >= 15 is 0 Å². The number of nitrogens with two attached hydrogens (primary N) is 1. The van der Waals surface area contributed by atoms with Crippen molar-refractivity contribution in [2.45, 2.75) is 45.1 Å². The second kappa shape index (κ2) is 5.31. The van der Waals surface area contributed by atoms with E-state index in [0.29, 0.717) is 12.1 Å². The van der Waals surface area contributed by atoms with Crippen molar-refractivity contribution in [2.75, 3.05) is 18.9 Å². The van der Waals surface area contributed by atoms with Crippen molar-refractivity contribution in [1.82, 2.24) is 9.55 Å². The number of imidazole rings is 1. The van der Waals surface area contributed by atoms with E-state index in [1.807, 2.05) is 29.7 Å². The summed E-state index contributed by atoms with van der Waals surface area (Å²) >= 11 is 0. The van der Waals surface area contributed by atoms with E-state index in [-0.39, 0.29) is 18.6 Å². The maximum Gasteiger partial charge on any atom is 0.115 e. The Hall–Kier alpha value is -1.59. The van der Waals surface area contributed by atoms with Crippen molar-refractivity contribution in [2.24, 2.45) is 0 Å². The second-order valence-corrected chi connectivity index (χ2v) is 6.66. The molecule has 1 heterocycles. The summed E-state index contributed by atoms with van der Waals surface area (Å²) in [5, 5.41) is 19.8. The molecule has 0 amide bonds. The van der Waals surface area contributed by atoms with Gasteiger partial charge in [-0.25, -0.2) is 4.98 Å². The van der Waals surface area contributed by atoms with E-state index in [4.69, 9.17) is 10.7 Å². The molecule has 0 aliphatic carbocycles. The summed E-state index contributed by atoms with van der Waals surface area (Å²) < 4.78 is 1.99. The van der Waals surface area contributed by atoms with Crippen molar-refractivity contribution in [3.05, 3.63) is 24.0 Å². The predicted octanol–water partition coefficient (Wildman–Crippen LogP) is 2.01. The average molecular weight is 291 g/mol. The molecule has 1 aromatic heterocycles. The number of anilines is 1. The van der Waals surface area contributed by atoms with Gasteiger partial charge in [-0.05, 0) is 24.6 Å². The molecule has 5 nitrogen and oxygen atoms in total. The lowest BCUT2D eigenvalue weighted by Crippen LogP contribution is -2.43. The highest BCUT2D eigenvalue weighted by atomic mass is 16.3. The van der Waals surface area contributed by atoms with Gasteiger partial charge in [0.25, 0.3) is 0 Å². The molecule has 0 saturated heterocycles. The van der Waals surface area contributed by atoms with Crippen LogP contribution in [0.1, 0.15) is 39.9 Å². The van der Waals surface area contributed by atoms with Crippen molar-refractivity contribution in [1.29, 1.82) is 0 Å². The minimum Gasteiger partial charge on any atom is -0.399 e. The number of aromatic nitrogens is 2. The number of hydrogen-bond acceptors (Lipinski definition) is 4. The van der Waals surface area contributed by atoms with Crippen molar-refractivity contribution in [3.63, 3.8) is 0 Å². The number of nitrogens with zero attached hydrogens (tertiary/aromatic N) is 2. The van der Waals surface area contributed by atoms with Gasteiger partial charge in [0, 0.05) is 11.1 Å². The van der Waals surface area contributed by atoms with Crippen LogP contribution in [0.3, 0.4) is 0 Å². The number of fused-ring (bicyclic) bond motifs is 1. The number of nitrogen functional groups attached to an aromatic ring is 1. The second-order valence-electron chi connectivity index (χ2n) is 6.66. The maximum atomic E-state index is 9.92. The number of benzene rings is 1. The first-order valence-corrected chi connectivity index (χ1v) is 7.29. The van der Waals surface area contributed by atoms with Crippen LogP contribution in [-0.2, 0) is 11.0 Å². The lowest BCUT2D eigenvalue weighted by molar-refractivity contribution is 0.0586. The Kier molecular flexibility index (Phi) is 4.00. The Bertz CT molecular complexity index is 628. The Morgan fingerprint density at radius 3 is 2.29 bits per heavy atom. The third-order valence-corrected chi connectivity index (χ3v) is 4.07. The van der Waals surface area contributed by atoms with Crippen molar-refractivity contribution >= 4 is 16.7 Å². The zero-order valence-electron chi connectivity index (χ0n) is 13.2. The van der Waals surface area contributed by atoms with Gasteiger partial charge in [0.15, 0.2) is 0 Å². The molecule has 2 aromatic rings. The number of hydrogen-bond donors (Lipinski definition) is 3. The quantitative estimate of drug-likeness (QED) is 0.752. The van der Waals surface area contributed by atoms with E-state index in [1.54, 1.807) is 0 Å². The summed E-state index contributed by atoms with van der Waals surface area (Å²) in [5.41, 5.74) is 7.22. The minimum absolute atomic E-state index is 0.140. The van der Waals surface area contributed by atoms with E-state index in [1.165, 1.54) is 0 Å². The summed E-state index contributed by atoms with van der Waals surface area (Å²) in [6.45, 7) is 7.90. The van der Waals surface area contributed by atoms with Crippen LogP contribution in [0.15, 0.2) is 18.2 Å². The molecule has 4 N–H and O–H groups in total. The van der Waals surface area contributed by atoms with Gasteiger partial charge in [-0.15, -0.1) is 0 Å². The molecule has 0 saturated carbocycles. The number of aliphatic hydroxyl groups excluding tert-OH is 2. The summed E-state index contributed by atoms with van der Waals surface area (Å²) in [7, 11) is 0. The van der Waals surface area contributed by atoms with Crippen LogP contribution >= 0.6 is 0 Å². The van der Waals surface area contributed by atoms with E-state index in [0.717, 1.165) is 16.9 Å². The SMILES string of the molecule is CCC(CO)(CO)n1c(C(C)(C)C)nc2cc(N)ccc21. The molecule has 0 bridgehead atoms. The highest BCUT2D eigenvalue weighted by molar-refractivity contribution is 5.80. The van der Waals surface area contributed by atoms with Gasteiger partial charge in [-0.2, -0.15) is 0 Å². The van der Waals surface area contributed by atoms with Crippen LogP contribution in [0.25, 0.3) is 11.0 Å². The highest BCUT2D eigenvalue weighted by Crippen LogP contribution is 2.34. The van der Waals surface area contributed by atoms with Crippen LogP contribution in [0.4, 0.5) is 5.69 Å². The summed E-state index contributed by atoms with van der Waals surface area (Å²) in [6, 6.07) is 5.56. The number of rotatable bonds is 4. The van der Waals surface area contributed by atoms with Gasteiger partial charge in [0.2, 0.25) is 0 Å². The van der Waals surface area contributed by atoms with Gasteiger partial charge in [-0.1, -0.05) is 27.7 Å². The van der Waals surface area contributed by atoms with Crippen LogP contribution in [-0.4, -0.2) is 33.0 Å². The normalized spacial score (nSPS) is 13.0. The Morgan fingerprint density at radius 1 is 1.19 bits per heavy atom. The van der Waals surface area contributed by atoms with Gasteiger partial charge in [0.05, 0.1) is 29.8 Å². The topological polar surface area (TPSA) is 84.3 Å². The molecule has 2 rings (SSSR count). The smallest absolute Gasteiger partial charge is 0.115 e. The van der Waals surface area contributed by atoms with Crippen LogP contribution in [0.5, 0.6) is 0 Å². The first kappa shape index (κ1) is 15.8. The fourth-order valence-electron chi connectivity index (χ4n) is 2.65. The standard InChI is InChI=1S/C16H25N3O2/c1-5-16(9-20,10-21)19-13-7-6-11(17)8-12(13)18-14(19)15(2,3)4/h6-8,20-21H,5,9-10,17H2,1-4H3. The number of aliphatic hydroxyl groups is 2. The maximum absolute atomic E-state index is 9.92. The monoisotopic (exact) mass is 291 g/mol. The third kappa shape index (κ3) is 2.51. The minimum atomic E-state index is -0.756. The first-order valence-electron chi connectivity index (χ1n) is 7.29. The molecular formula is C16H25N3O2. The zero-order chi connectivity index (χ0) is 15.8. The highest BCUT2D eigenvalue weighted by Gasteiger charge is 2.36. The molecule has 116 valence electrons. The molecule has 0 atom stereocenters. The Morgan fingerprint density at radius 2 is 1.81 bits per heavy atom. The fraction of sp³-hybridized carbons (Fsp3) is 0.562. The zero-order valence-corrected chi connectivity index (χ0v) is 13.2. The van der Waals surface area contributed by atoms with Crippen LogP contribution in [0, 0.1) is 0 Å². The van der Waals surface area contributed by atoms with E-state index in [2.05, 4.69) is 20.8 Å². The molecule has 5 heteroatoms. The molecule has 21 heavy (non-hydrogen) atoms. The van der Waals surface area contributed by atoms with Crippen molar-refractivity contribution < 1.29 is 10.2 Å². The molecule has 0 unspecified atom stereocenters. The van der Waals surface area contributed by atoms with Crippen LogP contribution < -0.4 is 5.73 Å². The molecule has 0 fully saturated rings. The van der Waals surface area contributed by atoms with Crippen LogP contribution in [0.2, 0.25) is 0 Å². The average Bonchev–Trinajstić information content (AvgIpc) is 2.81. The van der Waals surface area contributed by atoms with Gasteiger partial charge < -0.3 is 20.5 Å². The first-order chi connectivity index (χ1) is 9.79. The predicted molar refractivity (Wildman–Crippen MR) is 85.3 cm³/mol. The van der Waals surface area contributed by atoms with Crippen molar-refractivity contribution in [3.8, 4) is 0 Å². The molecular weight excluding hydrogens is 266 g/mol. The molecule has 1 aromatic carbocycles. The fourth-order valence-corrected chi connectivity index (χ4v) is 2.65. The lowest BCUT2D eigenvalue weighted by Gasteiger charge is -2.35. The van der Waals surface area contributed by atoms with Gasteiger partial charge >= 0.3 is 0 Å². The summed E-state index contributed by atoms with van der Waals surface area (Å²) in [6.07, 6.45) is 0.610. The summed E-state index contributed by atoms with van der Waals surface area (Å²) in [5.74, 6) is 0.841. The van der Waals surface area contributed by atoms with Gasteiger partial charge in [0.1, 0.15) is 5.82 Å². The molecule has 0 spiro atoms. The third-order valence-electron chi connectivity index (χ3n) is 4.07. The summed E-state index contributed by atoms with van der Waals surface area (Å²) in [4.78, 5) is 4.72. The molecule has 0 radical (unpaired) electrons. The van der Waals surface area contributed by atoms with E-state index < -0.39 is 5.54 Å². The lowest BCUT2D eigenvalue weighted by atomic mass is 9.91. The Labute approximate surface area is 125 Å². The van der Waals surface area contributed by atoms with E-state index in [9.17, 15) is 10.2 Å². The largest absolute Gasteiger partial charge is 0.399 e. The molecule has 0 aliphatic rings. The van der Waals surface area contributed by atoms with Gasteiger partial charge in [-0.3, -0.25) is 0 Å².